The van der Waals surface area contributed by atoms with Crippen LogP contribution >= 0.6 is 0 Å². The summed E-state index contributed by atoms with van der Waals surface area (Å²) in [5, 5.41) is 23.4. The van der Waals surface area contributed by atoms with Crippen molar-refractivity contribution in [3.05, 3.63) is 12.2 Å². The van der Waals surface area contributed by atoms with Crippen LogP contribution in [-0.4, -0.2) is 47.4 Å². The van der Waals surface area contributed by atoms with Crippen LogP contribution in [0.4, 0.5) is 0 Å². The van der Waals surface area contributed by atoms with E-state index in [1.807, 2.05) is 0 Å². The highest BCUT2D eigenvalue weighted by Crippen LogP contribution is 2.19. The zero-order valence-electron chi connectivity index (χ0n) is 53.9. The van der Waals surface area contributed by atoms with E-state index in [9.17, 15) is 19.8 Å². The van der Waals surface area contributed by atoms with Gasteiger partial charge in [0, 0.05) is 12.8 Å². The van der Waals surface area contributed by atoms with Crippen LogP contribution in [0.5, 0.6) is 0 Å². The Kier molecular flexibility index (Phi) is 67.9. The zero-order valence-corrected chi connectivity index (χ0v) is 53.9. The van der Waals surface area contributed by atoms with Gasteiger partial charge in [0.05, 0.1) is 25.4 Å². The molecule has 0 aliphatic heterocycles. The van der Waals surface area contributed by atoms with Gasteiger partial charge in [0.2, 0.25) is 5.91 Å². The second-order valence-corrected chi connectivity index (χ2v) is 25.3. The van der Waals surface area contributed by atoms with E-state index in [0.717, 1.165) is 38.5 Å². The second kappa shape index (κ2) is 69.1. The highest BCUT2D eigenvalue weighted by Gasteiger charge is 2.20. The van der Waals surface area contributed by atoms with Crippen LogP contribution < -0.4 is 5.32 Å². The number of hydrogen-bond donors (Lipinski definition) is 3. The Morgan fingerprint density at radius 3 is 0.899 bits per heavy atom. The number of aliphatic hydroxyl groups is 2. The van der Waals surface area contributed by atoms with Crippen LogP contribution in [0.3, 0.4) is 0 Å². The lowest BCUT2D eigenvalue weighted by atomic mass is 10.0. The van der Waals surface area contributed by atoms with Crippen molar-refractivity contribution < 1.29 is 24.5 Å². The highest BCUT2D eigenvalue weighted by atomic mass is 16.5. The smallest absolute Gasteiger partial charge is 0.305 e. The summed E-state index contributed by atoms with van der Waals surface area (Å²) >= 11 is 0. The number of aliphatic hydroxyl groups excluding tert-OH is 2. The van der Waals surface area contributed by atoms with Crippen molar-refractivity contribution in [2.75, 3.05) is 13.2 Å². The fourth-order valence-electron chi connectivity index (χ4n) is 11.8. The number of amides is 1. The lowest BCUT2D eigenvalue weighted by molar-refractivity contribution is -0.143. The minimum absolute atomic E-state index is 0.0188. The van der Waals surface area contributed by atoms with Crippen LogP contribution in [0.2, 0.25) is 0 Å². The highest BCUT2D eigenvalue weighted by molar-refractivity contribution is 5.76. The first-order valence-electron chi connectivity index (χ1n) is 36.4. The Bertz CT molecular complexity index is 1190. The summed E-state index contributed by atoms with van der Waals surface area (Å²) in [5.41, 5.74) is 0. The minimum atomic E-state index is -0.662. The molecule has 0 aromatic rings. The normalized spacial score (nSPS) is 12.5. The molecule has 0 aromatic heterocycles. The third kappa shape index (κ3) is 65.6. The molecule has 3 N–H and O–H groups in total. The molecule has 0 saturated carbocycles. The molecular weight excluding hydrogens is 971 g/mol. The van der Waals surface area contributed by atoms with Crippen molar-refractivity contribution in [3.8, 4) is 0 Å². The number of carbonyl (C=O) groups excluding carboxylic acids is 2. The van der Waals surface area contributed by atoms with Gasteiger partial charge in [-0.15, -0.1) is 0 Å². The molecule has 0 aliphatic carbocycles. The molecule has 0 heterocycles. The van der Waals surface area contributed by atoms with Crippen molar-refractivity contribution in [3.63, 3.8) is 0 Å². The fraction of sp³-hybridized carbons (Fsp3) is 0.945. The number of nitrogens with one attached hydrogen (secondary N) is 1. The number of unbranched alkanes of at least 4 members (excludes halogenated alkanes) is 56. The molecule has 470 valence electrons. The monoisotopic (exact) mass is 1110 g/mol. The summed E-state index contributed by atoms with van der Waals surface area (Å²) in [6.45, 7) is 4.99. The topological polar surface area (TPSA) is 95.9 Å². The van der Waals surface area contributed by atoms with Gasteiger partial charge >= 0.3 is 5.97 Å². The summed E-state index contributed by atoms with van der Waals surface area (Å²) in [7, 11) is 0. The standard InChI is InChI=1S/C73H143NO5/c1-3-5-7-9-11-13-15-16-17-18-33-36-39-42-46-49-53-57-61-65-71(76)70(69-75)74-72(77)66-62-58-54-50-47-43-40-37-34-31-29-27-25-23-21-19-20-22-24-26-28-30-32-35-38-41-44-48-52-56-60-64-68-79-73(78)67-63-59-55-51-45-14-12-10-8-6-4-2/h22,24,70-71,75-76H,3-21,23,25-69H2,1-2H3,(H,74,77)/b24-22-. The Labute approximate surface area is 495 Å². The predicted octanol–water partition coefficient (Wildman–Crippen LogP) is 23.5. The number of allylic oxidation sites excluding steroid dienone is 2. The average molecular weight is 1110 g/mol. The molecular formula is C73H143NO5. The summed E-state index contributed by atoms with van der Waals surface area (Å²) in [6, 6.07) is -0.539. The van der Waals surface area contributed by atoms with Crippen LogP contribution in [-0.2, 0) is 14.3 Å². The van der Waals surface area contributed by atoms with Crippen LogP contribution in [0.25, 0.3) is 0 Å². The Balaban J connectivity index is 3.35. The molecule has 6 nitrogen and oxygen atoms in total. The van der Waals surface area contributed by atoms with Crippen molar-refractivity contribution >= 4 is 11.9 Å². The first-order chi connectivity index (χ1) is 39.0. The van der Waals surface area contributed by atoms with Gasteiger partial charge in [-0.3, -0.25) is 9.59 Å². The van der Waals surface area contributed by atoms with Crippen LogP contribution in [0.15, 0.2) is 12.2 Å². The van der Waals surface area contributed by atoms with Crippen molar-refractivity contribution in [2.45, 2.75) is 431 Å². The molecule has 0 aromatic carbocycles. The lowest BCUT2D eigenvalue weighted by Gasteiger charge is -2.22. The van der Waals surface area contributed by atoms with Crippen LogP contribution in [0.1, 0.15) is 418 Å². The molecule has 6 heteroatoms. The second-order valence-electron chi connectivity index (χ2n) is 25.3. The number of carbonyl (C=O) groups is 2. The van der Waals surface area contributed by atoms with E-state index in [0.29, 0.717) is 25.9 Å². The lowest BCUT2D eigenvalue weighted by Crippen LogP contribution is -2.45. The third-order valence-corrected chi connectivity index (χ3v) is 17.3. The average Bonchev–Trinajstić information content (AvgIpc) is 3.45. The Morgan fingerprint density at radius 2 is 0.595 bits per heavy atom. The maximum absolute atomic E-state index is 12.5. The van der Waals surface area contributed by atoms with Gasteiger partial charge in [0.25, 0.3) is 0 Å². The summed E-state index contributed by atoms with van der Waals surface area (Å²) < 4.78 is 5.48. The van der Waals surface area contributed by atoms with Gasteiger partial charge in [-0.2, -0.15) is 0 Å². The first kappa shape index (κ1) is 77.6. The molecule has 2 atom stereocenters. The van der Waals surface area contributed by atoms with Crippen molar-refractivity contribution in [1.82, 2.24) is 5.32 Å². The van der Waals surface area contributed by atoms with E-state index in [2.05, 4.69) is 31.3 Å². The Hall–Kier alpha value is -1.40. The van der Waals surface area contributed by atoms with Crippen LogP contribution in [0, 0.1) is 0 Å². The zero-order chi connectivity index (χ0) is 57.1. The summed E-state index contributed by atoms with van der Waals surface area (Å²) in [6.07, 6.45) is 85.6. The first-order valence-corrected chi connectivity index (χ1v) is 36.4. The SMILES string of the molecule is CCCCCCCCCCCCCCCCCCCCCC(O)C(CO)NC(=O)CCCCCCCCCCCCCCCCCC/C=C\CCCCCCCCCCCCCCOC(=O)CCCCCCCCCCCCC. The maximum atomic E-state index is 12.5. The van der Waals surface area contributed by atoms with Gasteiger partial charge in [0.15, 0.2) is 0 Å². The third-order valence-electron chi connectivity index (χ3n) is 17.3. The van der Waals surface area contributed by atoms with Gasteiger partial charge in [-0.25, -0.2) is 0 Å². The molecule has 79 heavy (non-hydrogen) atoms. The molecule has 1 amide bonds. The molecule has 0 fully saturated rings. The number of hydrogen-bond acceptors (Lipinski definition) is 5. The van der Waals surface area contributed by atoms with E-state index in [1.54, 1.807) is 0 Å². The van der Waals surface area contributed by atoms with Gasteiger partial charge in [-0.05, 0) is 51.4 Å². The molecule has 0 rings (SSSR count). The maximum Gasteiger partial charge on any atom is 0.305 e. The number of rotatable bonds is 69. The number of ether oxygens (including phenoxy) is 1. The fourth-order valence-corrected chi connectivity index (χ4v) is 11.8. The molecule has 2 unspecified atom stereocenters. The van der Waals surface area contributed by atoms with E-state index in [4.69, 9.17) is 4.74 Å². The minimum Gasteiger partial charge on any atom is -0.466 e. The van der Waals surface area contributed by atoms with Gasteiger partial charge < -0.3 is 20.3 Å². The van der Waals surface area contributed by atoms with Gasteiger partial charge in [-0.1, -0.05) is 366 Å². The van der Waals surface area contributed by atoms with Crippen molar-refractivity contribution in [2.24, 2.45) is 0 Å². The summed E-state index contributed by atoms with van der Waals surface area (Å²) in [4.78, 5) is 24.6. The van der Waals surface area contributed by atoms with E-state index in [-0.39, 0.29) is 18.5 Å². The molecule has 0 saturated heterocycles. The largest absolute Gasteiger partial charge is 0.466 e. The predicted molar refractivity (Wildman–Crippen MR) is 347 cm³/mol. The van der Waals surface area contributed by atoms with Gasteiger partial charge in [0.1, 0.15) is 0 Å². The molecule has 0 aliphatic rings. The molecule has 0 bridgehead atoms. The van der Waals surface area contributed by atoms with E-state index < -0.39 is 12.1 Å². The van der Waals surface area contributed by atoms with E-state index in [1.165, 1.54) is 347 Å². The Morgan fingerprint density at radius 1 is 0.342 bits per heavy atom. The molecule has 0 spiro atoms. The quantitative estimate of drug-likeness (QED) is 0.0320. The van der Waals surface area contributed by atoms with E-state index >= 15 is 0 Å². The molecule has 0 radical (unpaired) electrons. The van der Waals surface area contributed by atoms with Crippen molar-refractivity contribution in [1.29, 1.82) is 0 Å². The number of esters is 1. The summed E-state index contributed by atoms with van der Waals surface area (Å²) in [5.74, 6) is -0.00877.